The lowest BCUT2D eigenvalue weighted by atomic mass is 10.0. The van der Waals surface area contributed by atoms with Crippen LogP contribution in [0.1, 0.15) is 65.5 Å². The zero-order valence-corrected chi connectivity index (χ0v) is 33.2. The van der Waals surface area contributed by atoms with Gasteiger partial charge in [-0.15, -0.1) is 0 Å². The van der Waals surface area contributed by atoms with E-state index in [9.17, 15) is 41.1 Å². The van der Waals surface area contributed by atoms with Gasteiger partial charge in [-0.2, -0.15) is 18.3 Å². The molecule has 62 heavy (non-hydrogen) atoms. The number of carbonyl (C=O) groups is 3. The number of rotatable bonds is 18. The number of hydrogen-bond acceptors (Lipinski definition) is 11. The Morgan fingerprint density at radius 3 is 2.61 bits per heavy atom. The summed E-state index contributed by atoms with van der Waals surface area (Å²) in [5, 5.41) is 14.2. The highest BCUT2D eigenvalue weighted by molar-refractivity contribution is 6.03. The first-order valence-electron chi connectivity index (χ1n) is 19.6. The third kappa shape index (κ3) is 10.2. The number of nitrogens with one attached hydrogen (secondary N) is 4. The van der Waals surface area contributed by atoms with Gasteiger partial charge in [0.1, 0.15) is 24.7 Å². The fourth-order valence-electron chi connectivity index (χ4n) is 7.04. The maximum absolute atomic E-state index is 14.0. The number of carbonyl (C=O) groups excluding carboxylic acids is 3. The highest BCUT2D eigenvalue weighted by Gasteiger charge is 2.32. The van der Waals surface area contributed by atoms with Gasteiger partial charge >= 0.3 is 11.9 Å². The Kier molecular flexibility index (Phi) is 13.2. The minimum atomic E-state index is -4.47. The Labute approximate surface area is 349 Å². The van der Waals surface area contributed by atoms with Crippen LogP contribution in [0.4, 0.5) is 33.5 Å². The summed E-state index contributed by atoms with van der Waals surface area (Å²) in [6.45, 7) is 0.938. The largest absolute Gasteiger partial charge is 0.444 e. The molecule has 0 spiro atoms. The number of pyridine rings is 1. The average Bonchev–Trinajstić information content (AvgIpc) is 3.97. The standard InChI is InChI=1S/C41H41F5N10O6/c1-54-35-25(5-2-7-30(35)56(40(54)60)31-12-13-33(57)52-38(31)59)6-3-17-61-18-4-15-47-20-24-8-10-27(11-9-24)55-21-28(34(53-55)36(42)43)50-37(58)29-22-62-39(51-29)26-14-16-48-32(19-26)49-23-41(44,45)46/h2,5,7-11,14,16,19,21-22,31,36,47H,3-4,6,12-13,15,17-18,20,23H2,1H3,(H,48,49)(H,50,58)(H,52,57,59). The number of anilines is 2. The van der Waals surface area contributed by atoms with Crippen molar-refractivity contribution in [1.29, 1.82) is 0 Å². The molecular formula is C41H41F5N10O6. The van der Waals surface area contributed by atoms with Crippen molar-refractivity contribution in [2.75, 3.05) is 36.9 Å². The molecule has 1 fully saturated rings. The van der Waals surface area contributed by atoms with Crippen LogP contribution in [0.5, 0.6) is 0 Å². The molecule has 1 aliphatic rings. The van der Waals surface area contributed by atoms with Gasteiger partial charge in [0, 0.05) is 45.0 Å². The van der Waals surface area contributed by atoms with Crippen molar-refractivity contribution >= 4 is 40.3 Å². The molecule has 16 nitrogen and oxygen atoms in total. The summed E-state index contributed by atoms with van der Waals surface area (Å²) in [6, 6.07) is 14.6. The highest BCUT2D eigenvalue weighted by atomic mass is 19.4. The summed E-state index contributed by atoms with van der Waals surface area (Å²) in [4.78, 5) is 58.2. The number of benzene rings is 2. The van der Waals surface area contributed by atoms with E-state index < -0.39 is 42.7 Å². The van der Waals surface area contributed by atoms with Crippen molar-refractivity contribution in [1.82, 2.24) is 39.5 Å². The fourth-order valence-corrected chi connectivity index (χ4v) is 7.04. The second kappa shape index (κ2) is 18.9. The molecule has 6 aromatic rings. The number of imidazole rings is 1. The number of oxazole rings is 1. The number of amides is 3. The van der Waals surface area contributed by atoms with E-state index in [0.29, 0.717) is 43.9 Å². The number of nitrogens with zero attached hydrogens (tertiary/aromatic N) is 6. The second-order valence-corrected chi connectivity index (χ2v) is 14.4. The van der Waals surface area contributed by atoms with Crippen LogP contribution in [-0.4, -0.2) is 79.1 Å². The lowest BCUT2D eigenvalue weighted by Crippen LogP contribution is -2.44. The van der Waals surface area contributed by atoms with E-state index in [1.807, 2.05) is 30.3 Å². The van der Waals surface area contributed by atoms with E-state index in [1.54, 1.807) is 23.7 Å². The van der Waals surface area contributed by atoms with Crippen molar-refractivity contribution < 1.29 is 45.5 Å². The summed E-state index contributed by atoms with van der Waals surface area (Å²) < 4.78 is 81.2. The molecule has 1 atom stereocenters. The summed E-state index contributed by atoms with van der Waals surface area (Å²) >= 11 is 0. The highest BCUT2D eigenvalue weighted by Crippen LogP contribution is 2.29. The van der Waals surface area contributed by atoms with E-state index in [-0.39, 0.29) is 53.1 Å². The van der Waals surface area contributed by atoms with Crippen molar-refractivity contribution in [2.24, 2.45) is 7.05 Å². The third-order valence-corrected chi connectivity index (χ3v) is 10.0. The van der Waals surface area contributed by atoms with Crippen LogP contribution >= 0.6 is 0 Å². The number of aromatic nitrogens is 6. The Balaban J connectivity index is 0.849. The van der Waals surface area contributed by atoms with Crippen molar-refractivity contribution in [3.8, 4) is 17.1 Å². The number of hydrogen-bond donors (Lipinski definition) is 4. The quantitative estimate of drug-likeness (QED) is 0.0461. The molecule has 2 aromatic carbocycles. The predicted octanol–water partition coefficient (Wildman–Crippen LogP) is 5.85. The number of piperidine rings is 1. The minimum Gasteiger partial charge on any atom is -0.444 e. The predicted molar refractivity (Wildman–Crippen MR) is 215 cm³/mol. The molecule has 4 aromatic heterocycles. The lowest BCUT2D eigenvalue weighted by molar-refractivity contribution is -0.135. The van der Waals surface area contributed by atoms with E-state index >= 15 is 0 Å². The Morgan fingerprint density at radius 1 is 1.06 bits per heavy atom. The minimum absolute atomic E-state index is 0.0972. The number of alkyl halides is 5. The number of imide groups is 1. The van der Waals surface area contributed by atoms with Crippen LogP contribution < -0.4 is 27.0 Å². The van der Waals surface area contributed by atoms with Crippen LogP contribution in [0.25, 0.3) is 28.2 Å². The average molecular weight is 865 g/mol. The zero-order valence-electron chi connectivity index (χ0n) is 33.2. The first kappa shape index (κ1) is 43.4. The van der Waals surface area contributed by atoms with Gasteiger partial charge in [0.2, 0.25) is 17.7 Å². The van der Waals surface area contributed by atoms with Gasteiger partial charge in [-0.05, 0) is 73.7 Å². The van der Waals surface area contributed by atoms with Crippen LogP contribution in [0.15, 0.2) is 82.5 Å². The Bertz CT molecular complexity index is 2620. The number of fused-ring (bicyclic) bond motifs is 1. The molecule has 1 aliphatic heterocycles. The molecule has 0 saturated carbocycles. The number of ether oxygens (including phenoxy) is 1. The Hall–Kier alpha value is -6.74. The molecule has 0 bridgehead atoms. The van der Waals surface area contributed by atoms with Gasteiger partial charge in [-0.1, -0.05) is 24.3 Å². The van der Waals surface area contributed by atoms with Gasteiger partial charge in [0.25, 0.3) is 12.3 Å². The smallest absolute Gasteiger partial charge is 0.405 e. The van der Waals surface area contributed by atoms with Crippen molar-refractivity contribution in [3.05, 3.63) is 106 Å². The van der Waals surface area contributed by atoms with Crippen LogP contribution in [0, 0.1) is 0 Å². The zero-order chi connectivity index (χ0) is 44.0. The molecule has 326 valence electrons. The van der Waals surface area contributed by atoms with Crippen molar-refractivity contribution in [3.63, 3.8) is 0 Å². The maximum atomic E-state index is 14.0. The van der Waals surface area contributed by atoms with Gasteiger partial charge in [-0.25, -0.2) is 28.2 Å². The molecule has 3 amide bonds. The molecule has 0 aliphatic carbocycles. The van der Waals surface area contributed by atoms with E-state index in [4.69, 9.17) is 9.15 Å². The molecule has 4 N–H and O–H groups in total. The molecular weight excluding hydrogens is 824 g/mol. The molecule has 1 unspecified atom stereocenters. The van der Waals surface area contributed by atoms with Gasteiger partial charge < -0.3 is 25.1 Å². The summed E-state index contributed by atoms with van der Waals surface area (Å²) in [5.74, 6) is -1.89. The van der Waals surface area contributed by atoms with E-state index in [1.165, 1.54) is 33.8 Å². The van der Waals surface area contributed by atoms with Crippen LogP contribution in [0.3, 0.4) is 0 Å². The molecule has 0 radical (unpaired) electrons. The summed E-state index contributed by atoms with van der Waals surface area (Å²) in [5.41, 5.74) is 2.49. The first-order valence-corrected chi connectivity index (χ1v) is 19.6. The summed E-state index contributed by atoms with van der Waals surface area (Å²) in [6.07, 6.45) is -1.45. The summed E-state index contributed by atoms with van der Waals surface area (Å²) in [7, 11) is 1.68. The molecule has 7 rings (SSSR count). The third-order valence-electron chi connectivity index (χ3n) is 10.0. The van der Waals surface area contributed by atoms with Crippen LogP contribution in [-0.2, 0) is 34.3 Å². The van der Waals surface area contributed by atoms with Crippen molar-refractivity contribution in [2.45, 2.75) is 57.3 Å². The van der Waals surface area contributed by atoms with Gasteiger partial charge in [0.15, 0.2) is 11.4 Å². The molecule has 21 heteroatoms. The first-order chi connectivity index (χ1) is 29.8. The fraction of sp³-hybridized carbons (Fsp3) is 0.341. The van der Waals surface area contributed by atoms with Gasteiger partial charge in [0.05, 0.1) is 28.6 Å². The number of halogens is 5. The lowest BCUT2D eigenvalue weighted by Gasteiger charge is -2.21. The van der Waals surface area contributed by atoms with E-state index in [0.717, 1.165) is 35.7 Å². The monoisotopic (exact) mass is 864 g/mol. The SMILES string of the molecule is Cn1c(=O)n(C2CCC(=O)NC2=O)c2cccc(CCCOCCCNCc3ccc(-n4cc(NC(=O)c5coc(-c6ccnc(NCC(F)(F)F)c6)n5)c(C(F)F)n4)cc3)c21. The topological polar surface area (TPSA) is 192 Å². The normalized spacial score (nSPS) is 14.5. The van der Waals surface area contributed by atoms with Gasteiger partial charge in [-0.3, -0.25) is 28.8 Å². The second-order valence-electron chi connectivity index (χ2n) is 14.4. The molecule has 5 heterocycles. The maximum Gasteiger partial charge on any atom is 0.405 e. The number of para-hydroxylation sites is 1. The van der Waals surface area contributed by atoms with Crippen LogP contribution in [0.2, 0.25) is 0 Å². The number of aryl methyl sites for hydroxylation is 2. The van der Waals surface area contributed by atoms with E-state index in [2.05, 4.69) is 36.3 Å². The Morgan fingerprint density at radius 2 is 1.85 bits per heavy atom. The molecule has 1 saturated heterocycles.